The van der Waals surface area contributed by atoms with Gasteiger partial charge in [0.05, 0.1) is 6.26 Å². The lowest BCUT2D eigenvalue weighted by Gasteiger charge is -2.04. The van der Waals surface area contributed by atoms with Gasteiger partial charge in [-0.25, -0.2) is 0 Å². The number of benzene rings is 2. The van der Waals surface area contributed by atoms with Gasteiger partial charge in [0.15, 0.2) is 0 Å². The molecule has 3 heteroatoms. The van der Waals surface area contributed by atoms with E-state index in [2.05, 4.69) is 41.7 Å². The van der Waals surface area contributed by atoms with Crippen LogP contribution in [0.5, 0.6) is 0 Å². The Kier molecular flexibility index (Phi) is 4.24. The molecule has 0 aliphatic rings. The van der Waals surface area contributed by atoms with Crippen molar-refractivity contribution in [2.45, 2.75) is 19.8 Å². The van der Waals surface area contributed by atoms with Crippen LogP contribution < -0.4 is 5.32 Å². The van der Waals surface area contributed by atoms with Crippen molar-refractivity contribution < 1.29 is 9.21 Å². The zero-order valence-corrected chi connectivity index (χ0v) is 12.6. The second-order valence-corrected chi connectivity index (χ2v) is 5.49. The summed E-state index contributed by atoms with van der Waals surface area (Å²) in [6.07, 6.45) is 3.48. The van der Waals surface area contributed by atoms with Crippen LogP contribution in [0, 0.1) is 0 Å². The maximum atomic E-state index is 11.0. The van der Waals surface area contributed by atoms with Crippen LogP contribution in [0.3, 0.4) is 0 Å². The Morgan fingerprint density at radius 1 is 1.09 bits per heavy atom. The van der Waals surface area contributed by atoms with E-state index in [0.717, 1.165) is 29.4 Å². The lowest BCUT2D eigenvalue weighted by atomic mass is 10.0. The van der Waals surface area contributed by atoms with E-state index >= 15 is 0 Å². The van der Waals surface area contributed by atoms with E-state index in [1.54, 1.807) is 6.26 Å². The average Bonchev–Trinajstić information content (AvgIpc) is 2.91. The van der Waals surface area contributed by atoms with Crippen molar-refractivity contribution in [1.82, 2.24) is 5.32 Å². The topological polar surface area (TPSA) is 42.2 Å². The van der Waals surface area contributed by atoms with Crippen LogP contribution in [0.2, 0.25) is 0 Å². The highest BCUT2D eigenvalue weighted by Crippen LogP contribution is 2.24. The quantitative estimate of drug-likeness (QED) is 0.779. The Labute approximate surface area is 130 Å². The molecule has 0 bridgehead atoms. The summed E-state index contributed by atoms with van der Waals surface area (Å²) in [4.78, 5) is 11.0. The molecule has 0 aliphatic carbocycles. The van der Waals surface area contributed by atoms with Gasteiger partial charge in [-0.05, 0) is 41.7 Å². The van der Waals surface area contributed by atoms with Crippen LogP contribution in [0.15, 0.2) is 59.2 Å². The third-order valence-electron chi connectivity index (χ3n) is 3.74. The number of rotatable bonds is 5. The van der Waals surface area contributed by atoms with Gasteiger partial charge in [0.25, 0.3) is 0 Å². The van der Waals surface area contributed by atoms with E-state index in [1.165, 1.54) is 18.1 Å². The smallest absolute Gasteiger partial charge is 0.216 e. The van der Waals surface area contributed by atoms with Gasteiger partial charge in [0.1, 0.15) is 5.58 Å². The molecule has 0 radical (unpaired) electrons. The first-order valence-electron chi connectivity index (χ1n) is 7.50. The average molecular weight is 293 g/mol. The molecule has 3 rings (SSSR count). The van der Waals surface area contributed by atoms with Crippen LogP contribution in [0.1, 0.15) is 23.6 Å². The fraction of sp³-hybridized carbons (Fsp3) is 0.211. The van der Waals surface area contributed by atoms with Gasteiger partial charge in [0.2, 0.25) is 5.91 Å². The third-order valence-corrected chi connectivity index (χ3v) is 3.74. The van der Waals surface area contributed by atoms with Crippen LogP contribution in [0.25, 0.3) is 11.0 Å². The molecular weight excluding hydrogens is 274 g/mol. The van der Waals surface area contributed by atoms with Crippen molar-refractivity contribution in [3.8, 4) is 0 Å². The number of amides is 1. The molecular formula is C19H19NO2. The van der Waals surface area contributed by atoms with E-state index in [-0.39, 0.29) is 5.91 Å². The summed E-state index contributed by atoms with van der Waals surface area (Å²) in [5, 5.41) is 3.96. The van der Waals surface area contributed by atoms with Gasteiger partial charge in [-0.1, -0.05) is 36.4 Å². The summed E-state index contributed by atoms with van der Waals surface area (Å²) in [5.74, 6) is -0.00225. The molecule has 3 aromatic rings. The maximum Gasteiger partial charge on any atom is 0.216 e. The molecule has 2 aromatic carbocycles. The monoisotopic (exact) mass is 293 g/mol. The Morgan fingerprint density at radius 3 is 2.68 bits per heavy atom. The standard InChI is InChI=1S/C19H19NO2/c1-14(21)20-10-9-17-13-22-19-8-7-16(12-18(17)19)11-15-5-3-2-4-6-15/h2-8,12-13H,9-11H2,1H3,(H,20,21). The summed E-state index contributed by atoms with van der Waals surface area (Å²) in [7, 11) is 0. The predicted molar refractivity (Wildman–Crippen MR) is 87.8 cm³/mol. The van der Waals surface area contributed by atoms with Gasteiger partial charge in [0, 0.05) is 18.9 Å². The SMILES string of the molecule is CC(=O)NCCc1coc2ccc(Cc3ccccc3)cc12. The molecule has 1 N–H and O–H groups in total. The molecule has 1 aromatic heterocycles. The van der Waals surface area contributed by atoms with Crippen LogP contribution in [-0.2, 0) is 17.6 Å². The van der Waals surface area contributed by atoms with E-state index in [4.69, 9.17) is 4.42 Å². The van der Waals surface area contributed by atoms with Crippen molar-refractivity contribution >= 4 is 16.9 Å². The first-order chi connectivity index (χ1) is 10.7. The molecule has 0 atom stereocenters. The Balaban J connectivity index is 1.80. The zero-order chi connectivity index (χ0) is 15.4. The Bertz CT molecular complexity index is 774. The van der Waals surface area contributed by atoms with E-state index in [0.29, 0.717) is 6.54 Å². The predicted octanol–water partition coefficient (Wildman–Crippen LogP) is 3.70. The number of carbonyl (C=O) groups excluding carboxylic acids is 1. The molecule has 1 heterocycles. The number of fused-ring (bicyclic) bond motifs is 1. The fourth-order valence-corrected chi connectivity index (χ4v) is 2.64. The normalized spacial score (nSPS) is 10.8. The molecule has 1 amide bonds. The summed E-state index contributed by atoms with van der Waals surface area (Å²) in [6, 6.07) is 16.7. The molecule has 0 spiro atoms. The summed E-state index contributed by atoms with van der Waals surface area (Å²) in [6.45, 7) is 2.17. The molecule has 112 valence electrons. The second kappa shape index (κ2) is 6.48. The summed E-state index contributed by atoms with van der Waals surface area (Å²) >= 11 is 0. The van der Waals surface area contributed by atoms with Crippen molar-refractivity contribution in [2.75, 3.05) is 6.54 Å². The Hall–Kier alpha value is -2.55. The van der Waals surface area contributed by atoms with Gasteiger partial charge in [-0.15, -0.1) is 0 Å². The highest BCUT2D eigenvalue weighted by atomic mass is 16.3. The van der Waals surface area contributed by atoms with Gasteiger partial charge < -0.3 is 9.73 Å². The minimum Gasteiger partial charge on any atom is -0.464 e. The van der Waals surface area contributed by atoms with Crippen molar-refractivity contribution in [3.63, 3.8) is 0 Å². The van der Waals surface area contributed by atoms with E-state index < -0.39 is 0 Å². The highest BCUT2D eigenvalue weighted by Gasteiger charge is 2.07. The number of nitrogens with one attached hydrogen (secondary N) is 1. The van der Waals surface area contributed by atoms with Gasteiger partial charge in [-0.3, -0.25) is 4.79 Å². The van der Waals surface area contributed by atoms with Crippen LogP contribution >= 0.6 is 0 Å². The fourth-order valence-electron chi connectivity index (χ4n) is 2.64. The molecule has 0 aliphatic heterocycles. The maximum absolute atomic E-state index is 11.0. The van der Waals surface area contributed by atoms with Crippen LogP contribution in [-0.4, -0.2) is 12.5 Å². The number of furan rings is 1. The number of hydrogen-bond acceptors (Lipinski definition) is 2. The summed E-state index contributed by atoms with van der Waals surface area (Å²) < 4.78 is 5.60. The molecule has 22 heavy (non-hydrogen) atoms. The first-order valence-corrected chi connectivity index (χ1v) is 7.50. The van der Waals surface area contributed by atoms with Crippen LogP contribution in [0.4, 0.5) is 0 Å². The lowest BCUT2D eigenvalue weighted by molar-refractivity contribution is -0.118. The lowest BCUT2D eigenvalue weighted by Crippen LogP contribution is -2.22. The minimum absolute atomic E-state index is 0.00225. The Morgan fingerprint density at radius 2 is 1.91 bits per heavy atom. The third kappa shape index (κ3) is 3.37. The highest BCUT2D eigenvalue weighted by molar-refractivity contribution is 5.82. The molecule has 0 unspecified atom stereocenters. The summed E-state index contributed by atoms with van der Waals surface area (Å²) in [5.41, 5.74) is 4.60. The van der Waals surface area contributed by atoms with Gasteiger partial charge in [-0.2, -0.15) is 0 Å². The second-order valence-electron chi connectivity index (χ2n) is 5.49. The molecule has 0 saturated heterocycles. The molecule has 0 fully saturated rings. The first kappa shape index (κ1) is 14.4. The molecule has 3 nitrogen and oxygen atoms in total. The van der Waals surface area contributed by atoms with Gasteiger partial charge >= 0.3 is 0 Å². The van der Waals surface area contributed by atoms with E-state index in [1.807, 2.05) is 12.1 Å². The number of carbonyl (C=O) groups is 1. The van der Waals surface area contributed by atoms with Crippen molar-refractivity contribution in [3.05, 3.63) is 71.5 Å². The largest absolute Gasteiger partial charge is 0.464 e. The van der Waals surface area contributed by atoms with Crippen molar-refractivity contribution in [1.29, 1.82) is 0 Å². The van der Waals surface area contributed by atoms with Crippen molar-refractivity contribution in [2.24, 2.45) is 0 Å². The molecule has 0 saturated carbocycles. The van der Waals surface area contributed by atoms with E-state index in [9.17, 15) is 4.79 Å². The minimum atomic E-state index is -0.00225. The zero-order valence-electron chi connectivity index (χ0n) is 12.6. The number of hydrogen-bond donors (Lipinski definition) is 1.